The van der Waals surface area contributed by atoms with Crippen molar-refractivity contribution in [1.29, 1.82) is 0 Å². The molecule has 24 heavy (non-hydrogen) atoms. The van der Waals surface area contributed by atoms with Gasteiger partial charge in [0.2, 0.25) is 0 Å². The van der Waals surface area contributed by atoms with Crippen LogP contribution in [0.15, 0.2) is 30.3 Å². The minimum Gasteiger partial charge on any atom is -0.325 e. The second-order valence-electron chi connectivity index (χ2n) is 6.84. The number of benzene rings is 1. The fraction of sp³-hybridized carbons (Fsp3) is 0.474. The van der Waals surface area contributed by atoms with Crippen LogP contribution in [0.25, 0.3) is 0 Å². The van der Waals surface area contributed by atoms with E-state index in [-0.39, 0.29) is 6.03 Å². The highest BCUT2D eigenvalue weighted by molar-refractivity contribution is 5.89. The molecule has 1 aliphatic rings. The maximum absolute atomic E-state index is 12.4. The van der Waals surface area contributed by atoms with Crippen molar-refractivity contribution in [3.05, 3.63) is 47.3 Å². The first-order valence-corrected chi connectivity index (χ1v) is 8.65. The summed E-state index contributed by atoms with van der Waals surface area (Å²) in [6.07, 6.45) is 2.05. The standard InChI is InChI=1S/C19H26N4O/c1-14-4-6-18(7-5-14)20-19(24)22-10-8-17(9-11-22)13-23-16(3)12-15(2)21-23/h4-7,12,17H,8-11,13H2,1-3H3,(H,20,24). The number of rotatable bonds is 3. The van der Waals surface area contributed by atoms with Crippen LogP contribution < -0.4 is 5.32 Å². The number of hydrogen-bond acceptors (Lipinski definition) is 2. The summed E-state index contributed by atoms with van der Waals surface area (Å²) < 4.78 is 2.10. The quantitative estimate of drug-likeness (QED) is 0.934. The first-order valence-electron chi connectivity index (χ1n) is 8.65. The molecule has 0 spiro atoms. The van der Waals surface area contributed by atoms with E-state index in [9.17, 15) is 4.79 Å². The van der Waals surface area contributed by atoms with Gasteiger partial charge < -0.3 is 10.2 Å². The highest BCUT2D eigenvalue weighted by Crippen LogP contribution is 2.21. The van der Waals surface area contributed by atoms with Crippen LogP contribution in [0.5, 0.6) is 0 Å². The molecule has 5 heteroatoms. The molecule has 1 fully saturated rings. The van der Waals surface area contributed by atoms with Gasteiger partial charge in [0.25, 0.3) is 0 Å². The Morgan fingerprint density at radius 1 is 1.17 bits per heavy atom. The summed E-state index contributed by atoms with van der Waals surface area (Å²) >= 11 is 0. The predicted molar refractivity (Wildman–Crippen MR) is 96.2 cm³/mol. The van der Waals surface area contributed by atoms with E-state index in [4.69, 9.17) is 0 Å². The van der Waals surface area contributed by atoms with E-state index in [0.717, 1.165) is 43.9 Å². The summed E-state index contributed by atoms with van der Waals surface area (Å²) in [6, 6.07) is 10.0. The lowest BCUT2D eigenvalue weighted by Gasteiger charge is -2.32. The Morgan fingerprint density at radius 2 is 1.83 bits per heavy atom. The average Bonchev–Trinajstić information content (AvgIpc) is 2.88. The number of aromatic nitrogens is 2. The fourth-order valence-corrected chi connectivity index (χ4v) is 3.26. The molecule has 3 rings (SSSR count). The van der Waals surface area contributed by atoms with Crippen LogP contribution >= 0.6 is 0 Å². The number of nitrogens with one attached hydrogen (secondary N) is 1. The van der Waals surface area contributed by atoms with Gasteiger partial charge in [0.15, 0.2) is 0 Å². The second kappa shape index (κ2) is 7.07. The molecule has 2 aromatic rings. The van der Waals surface area contributed by atoms with E-state index >= 15 is 0 Å². The molecule has 0 aliphatic carbocycles. The van der Waals surface area contributed by atoms with Crippen LogP contribution in [0.3, 0.4) is 0 Å². The topological polar surface area (TPSA) is 50.2 Å². The van der Waals surface area contributed by atoms with E-state index < -0.39 is 0 Å². The van der Waals surface area contributed by atoms with Gasteiger partial charge in [-0.2, -0.15) is 5.10 Å². The van der Waals surface area contributed by atoms with Gasteiger partial charge in [-0.05, 0) is 57.7 Å². The second-order valence-corrected chi connectivity index (χ2v) is 6.84. The third kappa shape index (κ3) is 3.96. The molecule has 0 atom stereocenters. The molecule has 1 aromatic heterocycles. The van der Waals surface area contributed by atoms with Gasteiger partial charge in [-0.25, -0.2) is 4.79 Å². The van der Waals surface area contributed by atoms with Crippen LogP contribution in [-0.2, 0) is 6.54 Å². The Labute approximate surface area is 143 Å². The van der Waals surface area contributed by atoms with Crippen LogP contribution in [0.4, 0.5) is 10.5 Å². The number of piperidine rings is 1. The maximum Gasteiger partial charge on any atom is 0.321 e. The summed E-state index contributed by atoms with van der Waals surface area (Å²) in [5.74, 6) is 0.589. The lowest BCUT2D eigenvalue weighted by molar-refractivity contribution is 0.175. The summed E-state index contributed by atoms with van der Waals surface area (Å²) in [6.45, 7) is 8.74. The van der Waals surface area contributed by atoms with Gasteiger partial charge in [0.1, 0.15) is 0 Å². The summed E-state index contributed by atoms with van der Waals surface area (Å²) in [5.41, 5.74) is 4.34. The summed E-state index contributed by atoms with van der Waals surface area (Å²) in [5, 5.41) is 7.53. The van der Waals surface area contributed by atoms with Crippen molar-refractivity contribution in [2.75, 3.05) is 18.4 Å². The third-order valence-electron chi connectivity index (χ3n) is 4.74. The first-order chi connectivity index (χ1) is 11.5. The number of urea groups is 1. The van der Waals surface area contributed by atoms with Crippen molar-refractivity contribution in [2.24, 2.45) is 5.92 Å². The van der Waals surface area contributed by atoms with Gasteiger partial charge in [-0.15, -0.1) is 0 Å². The van der Waals surface area contributed by atoms with E-state index in [0.29, 0.717) is 5.92 Å². The molecule has 1 saturated heterocycles. The normalized spacial score (nSPS) is 15.5. The Balaban J connectivity index is 1.50. The van der Waals surface area contributed by atoms with Gasteiger partial charge >= 0.3 is 6.03 Å². The van der Waals surface area contributed by atoms with E-state index in [1.165, 1.54) is 11.3 Å². The van der Waals surface area contributed by atoms with Crippen molar-refractivity contribution in [2.45, 2.75) is 40.2 Å². The van der Waals surface area contributed by atoms with Crippen molar-refractivity contribution in [3.63, 3.8) is 0 Å². The Hall–Kier alpha value is -2.30. The lowest BCUT2D eigenvalue weighted by atomic mass is 9.97. The van der Waals surface area contributed by atoms with E-state index in [2.05, 4.69) is 28.1 Å². The molecule has 128 valence electrons. The molecule has 2 amide bonds. The number of carbonyl (C=O) groups excluding carboxylic acids is 1. The predicted octanol–water partition coefficient (Wildman–Crippen LogP) is 3.75. The lowest BCUT2D eigenvalue weighted by Crippen LogP contribution is -2.41. The fourth-order valence-electron chi connectivity index (χ4n) is 3.26. The Bertz CT molecular complexity index is 697. The van der Waals surface area contributed by atoms with E-state index in [1.54, 1.807) is 0 Å². The summed E-state index contributed by atoms with van der Waals surface area (Å²) in [7, 11) is 0. The maximum atomic E-state index is 12.4. The number of carbonyl (C=O) groups is 1. The zero-order valence-corrected chi connectivity index (χ0v) is 14.7. The van der Waals surface area contributed by atoms with E-state index in [1.807, 2.05) is 43.0 Å². The molecule has 1 N–H and O–H groups in total. The number of anilines is 1. The minimum atomic E-state index is 0.00316. The molecule has 0 saturated carbocycles. The first kappa shape index (κ1) is 16.6. The Morgan fingerprint density at radius 3 is 2.42 bits per heavy atom. The van der Waals surface area contributed by atoms with Crippen molar-refractivity contribution in [1.82, 2.24) is 14.7 Å². The molecule has 2 heterocycles. The smallest absolute Gasteiger partial charge is 0.321 e. The molecule has 1 aromatic carbocycles. The number of hydrogen-bond donors (Lipinski definition) is 1. The number of aryl methyl sites for hydroxylation is 3. The number of likely N-dealkylation sites (tertiary alicyclic amines) is 1. The zero-order chi connectivity index (χ0) is 17.1. The van der Waals surface area contributed by atoms with Crippen molar-refractivity contribution >= 4 is 11.7 Å². The Kier molecular flexibility index (Phi) is 4.88. The minimum absolute atomic E-state index is 0.00316. The monoisotopic (exact) mass is 326 g/mol. The molecule has 0 radical (unpaired) electrons. The SMILES string of the molecule is Cc1ccc(NC(=O)N2CCC(Cn3nc(C)cc3C)CC2)cc1. The average molecular weight is 326 g/mol. The molecule has 5 nitrogen and oxygen atoms in total. The van der Waals surface area contributed by atoms with Gasteiger partial charge in [0, 0.05) is 31.0 Å². The van der Waals surface area contributed by atoms with Crippen LogP contribution in [0, 0.1) is 26.7 Å². The molecule has 1 aliphatic heterocycles. The largest absolute Gasteiger partial charge is 0.325 e. The van der Waals surface area contributed by atoms with Gasteiger partial charge in [-0.3, -0.25) is 4.68 Å². The van der Waals surface area contributed by atoms with Crippen molar-refractivity contribution < 1.29 is 4.79 Å². The number of amides is 2. The highest BCUT2D eigenvalue weighted by atomic mass is 16.2. The molecule has 0 bridgehead atoms. The zero-order valence-electron chi connectivity index (χ0n) is 14.7. The van der Waals surface area contributed by atoms with Crippen LogP contribution in [0.1, 0.15) is 29.8 Å². The third-order valence-corrected chi connectivity index (χ3v) is 4.74. The highest BCUT2D eigenvalue weighted by Gasteiger charge is 2.23. The van der Waals surface area contributed by atoms with Crippen molar-refractivity contribution in [3.8, 4) is 0 Å². The molecular weight excluding hydrogens is 300 g/mol. The molecule has 0 unspecified atom stereocenters. The summed E-state index contributed by atoms with van der Waals surface area (Å²) in [4.78, 5) is 14.3. The van der Waals surface area contributed by atoms with Crippen LogP contribution in [0.2, 0.25) is 0 Å². The van der Waals surface area contributed by atoms with Gasteiger partial charge in [-0.1, -0.05) is 17.7 Å². The number of nitrogens with zero attached hydrogens (tertiary/aromatic N) is 3. The van der Waals surface area contributed by atoms with Gasteiger partial charge in [0.05, 0.1) is 5.69 Å². The molecular formula is C19H26N4O. The van der Waals surface area contributed by atoms with Crippen LogP contribution in [-0.4, -0.2) is 33.8 Å².